The topological polar surface area (TPSA) is 49.8 Å². The lowest BCUT2D eigenvalue weighted by atomic mass is 10.1. The normalized spacial score (nSPS) is 22.1. The SMILES string of the molecule is Cc1cc(NC2CCCCNC2)ncn1. The third kappa shape index (κ3) is 3.16. The fraction of sp³-hybridized carbons (Fsp3) is 0.636. The van der Waals surface area contributed by atoms with Crippen molar-refractivity contribution in [3.8, 4) is 0 Å². The molecule has 1 unspecified atom stereocenters. The van der Waals surface area contributed by atoms with Crippen molar-refractivity contribution in [1.82, 2.24) is 15.3 Å². The van der Waals surface area contributed by atoms with Gasteiger partial charge < -0.3 is 10.6 Å². The molecule has 0 radical (unpaired) electrons. The first-order valence-electron chi connectivity index (χ1n) is 5.60. The highest BCUT2D eigenvalue weighted by atomic mass is 15.1. The van der Waals surface area contributed by atoms with Gasteiger partial charge >= 0.3 is 0 Å². The van der Waals surface area contributed by atoms with Crippen LogP contribution in [0.3, 0.4) is 0 Å². The Morgan fingerprint density at radius 1 is 1.40 bits per heavy atom. The quantitative estimate of drug-likeness (QED) is 0.766. The van der Waals surface area contributed by atoms with Crippen LogP contribution in [0.1, 0.15) is 25.0 Å². The van der Waals surface area contributed by atoms with E-state index in [0.29, 0.717) is 6.04 Å². The van der Waals surface area contributed by atoms with Crippen molar-refractivity contribution in [2.75, 3.05) is 18.4 Å². The Balaban J connectivity index is 1.95. The first kappa shape index (κ1) is 10.4. The first-order chi connectivity index (χ1) is 7.34. The van der Waals surface area contributed by atoms with Crippen molar-refractivity contribution in [3.63, 3.8) is 0 Å². The number of hydrogen-bond donors (Lipinski definition) is 2. The van der Waals surface area contributed by atoms with Crippen LogP contribution in [0.2, 0.25) is 0 Å². The van der Waals surface area contributed by atoms with Crippen LogP contribution in [0, 0.1) is 6.92 Å². The van der Waals surface area contributed by atoms with Crippen molar-refractivity contribution >= 4 is 5.82 Å². The summed E-state index contributed by atoms with van der Waals surface area (Å²) in [6.07, 6.45) is 5.40. The molecule has 2 rings (SSSR count). The molecule has 2 N–H and O–H groups in total. The maximum Gasteiger partial charge on any atom is 0.129 e. The van der Waals surface area contributed by atoms with Crippen LogP contribution in [-0.4, -0.2) is 29.1 Å². The summed E-state index contributed by atoms with van der Waals surface area (Å²) in [6.45, 7) is 4.15. The van der Waals surface area contributed by atoms with Crippen molar-refractivity contribution in [2.24, 2.45) is 0 Å². The highest BCUT2D eigenvalue weighted by Gasteiger charge is 2.11. The van der Waals surface area contributed by atoms with E-state index in [9.17, 15) is 0 Å². The Morgan fingerprint density at radius 3 is 3.20 bits per heavy atom. The summed E-state index contributed by atoms with van der Waals surface area (Å²) in [7, 11) is 0. The van der Waals surface area contributed by atoms with Gasteiger partial charge in [-0.1, -0.05) is 6.42 Å². The van der Waals surface area contributed by atoms with E-state index in [0.717, 1.165) is 24.6 Å². The fourth-order valence-electron chi connectivity index (χ4n) is 1.88. The molecule has 1 atom stereocenters. The summed E-state index contributed by atoms with van der Waals surface area (Å²) in [5.41, 5.74) is 1.01. The molecular weight excluding hydrogens is 188 g/mol. The molecule has 1 aliphatic rings. The predicted molar refractivity (Wildman–Crippen MR) is 60.9 cm³/mol. The van der Waals surface area contributed by atoms with Crippen LogP contribution in [0.5, 0.6) is 0 Å². The summed E-state index contributed by atoms with van der Waals surface area (Å²) < 4.78 is 0. The predicted octanol–water partition coefficient (Wildman–Crippen LogP) is 1.34. The van der Waals surface area contributed by atoms with Gasteiger partial charge in [-0.15, -0.1) is 0 Å². The molecule has 4 heteroatoms. The molecule has 2 heterocycles. The first-order valence-corrected chi connectivity index (χ1v) is 5.60. The van der Waals surface area contributed by atoms with Gasteiger partial charge in [-0.05, 0) is 26.3 Å². The average molecular weight is 206 g/mol. The van der Waals surface area contributed by atoms with E-state index in [1.54, 1.807) is 6.33 Å². The van der Waals surface area contributed by atoms with Crippen LogP contribution in [0.15, 0.2) is 12.4 Å². The summed E-state index contributed by atoms with van der Waals surface area (Å²) in [5.74, 6) is 0.941. The molecule has 0 saturated carbocycles. The fourth-order valence-corrected chi connectivity index (χ4v) is 1.88. The van der Waals surface area contributed by atoms with Crippen LogP contribution < -0.4 is 10.6 Å². The van der Waals surface area contributed by atoms with Crippen molar-refractivity contribution in [3.05, 3.63) is 18.1 Å². The lowest BCUT2D eigenvalue weighted by Gasteiger charge is -2.16. The number of rotatable bonds is 2. The van der Waals surface area contributed by atoms with Gasteiger partial charge in [-0.25, -0.2) is 9.97 Å². The van der Waals surface area contributed by atoms with E-state index < -0.39 is 0 Å². The van der Waals surface area contributed by atoms with Gasteiger partial charge in [0.1, 0.15) is 12.1 Å². The largest absolute Gasteiger partial charge is 0.366 e. The molecule has 82 valence electrons. The van der Waals surface area contributed by atoms with Gasteiger partial charge in [0.15, 0.2) is 0 Å². The van der Waals surface area contributed by atoms with Gasteiger partial charge in [0.05, 0.1) is 0 Å². The zero-order chi connectivity index (χ0) is 10.5. The van der Waals surface area contributed by atoms with Crippen molar-refractivity contribution < 1.29 is 0 Å². The molecule has 0 aromatic carbocycles. The molecule has 4 nitrogen and oxygen atoms in total. The Hall–Kier alpha value is -1.16. The lowest BCUT2D eigenvalue weighted by Crippen LogP contribution is -2.31. The van der Waals surface area contributed by atoms with Gasteiger partial charge in [0.25, 0.3) is 0 Å². The highest BCUT2D eigenvalue weighted by molar-refractivity contribution is 5.35. The summed E-state index contributed by atoms with van der Waals surface area (Å²) >= 11 is 0. The molecule has 1 aromatic rings. The third-order valence-corrected chi connectivity index (χ3v) is 2.70. The number of nitrogens with zero attached hydrogens (tertiary/aromatic N) is 2. The maximum atomic E-state index is 4.21. The van der Waals surface area contributed by atoms with Crippen LogP contribution in [0.4, 0.5) is 5.82 Å². The third-order valence-electron chi connectivity index (χ3n) is 2.70. The molecular formula is C11H18N4. The molecule has 1 aromatic heterocycles. The number of anilines is 1. The molecule has 1 fully saturated rings. The van der Waals surface area contributed by atoms with Crippen LogP contribution >= 0.6 is 0 Å². The Kier molecular flexibility index (Phi) is 3.50. The van der Waals surface area contributed by atoms with Crippen molar-refractivity contribution in [2.45, 2.75) is 32.2 Å². The minimum absolute atomic E-state index is 0.502. The second-order valence-corrected chi connectivity index (χ2v) is 4.09. The van der Waals surface area contributed by atoms with E-state index in [-0.39, 0.29) is 0 Å². The number of aryl methyl sites for hydroxylation is 1. The van der Waals surface area contributed by atoms with Crippen LogP contribution in [-0.2, 0) is 0 Å². The molecule has 0 spiro atoms. The second kappa shape index (κ2) is 5.07. The molecule has 15 heavy (non-hydrogen) atoms. The molecule has 0 aliphatic carbocycles. The Morgan fingerprint density at radius 2 is 2.33 bits per heavy atom. The van der Waals surface area contributed by atoms with Crippen molar-refractivity contribution in [1.29, 1.82) is 0 Å². The highest BCUT2D eigenvalue weighted by Crippen LogP contribution is 2.10. The Bertz CT molecular complexity index is 305. The standard InChI is InChI=1S/C11H18N4/c1-9-6-11(14-8-13-9)15-10-4-2-3-5-12-7-10/h6,8,10,12H,2-5,7H2,1H3,(H,13,14,15). The number of aromatic nitrogens is 2. The van der Waals surface area contributed by atoms with E-state index >= 15 is 0 Å². The monoisotopic (exact) mass is 206 g/mol. The van der Waals surface area contributed by atoms with E-state index in [2.05, 4.69) is 20.6 Å². The molecule has 0 amide bonds. The van der Waals surface area contributed by atoms with Gasteiger partial charge in [-0.3, -0.25) is 0 Å². The number of hydrogen-bond acceptors (Lipinski definition) is 4. The second-order valence-electron chi connectivity index (χ2n) is 4.09. The van der Waals surface area contributed by atoms with Crippen LogP contribution in [0.25, 0.3) is 0 Å². The molecule has 0 bridgehead atoms. The van der Waals surface area contributed by atoms with Gasteiger partial charge in [0, 0.05) is 24.3 Å². The van der Waals surface area contributed by atoms with Gasteiger partial charge in [0.2, 0.25) is 0 Å². The maximum absolute atomic E-state index is 4.21. The van der Waals surface area contributed by atoms with E-state index in [1.165, 1.54) is 19.3 Å². The molecule has 1 saturated heterocycles. The average Bonchev–Trinajstić information content (AvgIpc) is 2.46. The minimum atomic E-state index is 0.502. The summed E-state index contributed by atoms with van der Waals surface area (Å²) in [6, 6.07) is 2.49. The number of nitrogens with one attached hydrogen (secondary N) is 2. The van der Waals surface area contributed by atoms with Gasteiger partial charge in [-0.2, -0.15) is 0 Å². The minimum Gasteiger partial charge on any atom is -0.366 e. The lowest BCUT2D eigenvalue weighted by molar-refractivity contribution is 0.633. The summed E-state index contributed by atoms with van der Waals surface area (Å²) in [4.78, 5) is 8.30. The van der Waals surface area contributed by atoms with E-state index in [1.807, 2.05) is 13.0 Å². The van der Waals surface area contributed by atoms with E-state index in [4.69, 9.17) is 0 Å². The zero-order valence-electron chi connectivity index (χ0n) is 9.16. The zero-order valence-corrected chi connectivity index (χ0v) is 9.16. The smallest absolute Gasteiger partial charge is 0.129 e. The molecule has 1 aliphatic heterocycles. The summed E-state index contributed by atoms with van der Waals surface area (Å²) in [5, 5.41) is 6.87. The Labute approximate surface area is 90.5 Å².